The summed E-state index contributed by atoms with van der Waals surface area (Å²) in [6.45, 7) is -1.17. The van der Waals surface area contributed by atoms with Crippen LogP contribution in [0.1, 0.15) is 5.56 Å². The van der Waals surface area contributed by atoms with Crippen LogP contribution in [0.4, 0.5) is 18.9 Å². The number of halogens is 3. The normalized spacial score (nSPS) is 16.8. The summed E-state index contributed by atoms with van der Waals surface area (Å²) < 4.78 is 53.7. The molecule has 2 N–H and O–H groups in total. The molecule has 1 heterocycles. The Bertz CT molecular complexity index is 673. The fourth-order valence-corrected chi connectivity index (χ4v) is 1.88. The summed E-state index contributed by atoms with van der Waals surface area (Å²) in [4.78, 5) is 0. The summed E-state index contributed by atoms with van der Waals surface area (Å²) in [5.41, 5.74) is 5.25. The van der Waals surface area contributed by atoms with Gasteiger partial charge in [-0.1, -0.05) is 12.1 Å². The van der Waals surface area contributed by atoms with E-state index in [-0.39, 0.29) is 5.75 Å². The van der Waals surface area contributed by atoms with Gasteiger partial charge in [0.1, 0.15) is 5.75 Å². The first kappa shape index (κ1) is 13.4. The zero-order valence-corrected chi connectivity index (χ0v) is 10.6. The second-order valence-electron chi connectivity index (χ2n) is 4.34. The topological polar surface area (TPSA) is 53.7 Å². The highest BCUT2D eigenvalue weighted by Gasteiger charge is 2.32. The molecule has 4 nitrogen and oxygen atoms in total. The number of hydrogen-bond donors (Lipinski definition) is 1. The molecule has 0 bridgehead atoms. The molecule has 2 aromatic rings. The standard InChI is InChI=1S/C14H10F3NO3/c15-14(16,17)8-3-1-4-9(7-8)19-13-20-11-6-2-5-10(18)12(11)21-13/h1-7,13H,18H2. The van der Waals surface area contributed by atoms with Crippen molar-refractivity contribution in [2.24, 2.45) is 0 Å². The van der Waals surface area contributed by atoms with Gasteiger partial charge in [-0.15, -0.1) is 0 Å². The molecular weight excluding hydrogens is 287 g/mol. The van der Waals surface area contributed by atoms with Gasteiger partial charge in [-0.05, 0) is 30.3 Å². The van der Waals surface area contributed by atoms with Crippen LogP contribution in [0.2, 0.25) is 0 Å². The van der Waals surface area contributed by atoms with Crippen LogP contribution in [-0.2, 0) is 6.18 Å². The Kier molecular flexibility index (Phi) is 3.04. The molecular formula is C14H10F3NO3. The highest BCUT2D eigenvalue weighted by atomic mass is 19.4. The number of fused-ring (bicyclic) bond motifs is 1. The second-order valence-corrected chi connectivity index (χ2v) is 4.34. The molecule has 1 unspecified atom stereocenters. The van der Waals surface area contributed by atoms with Crippen molar-refractivity contribution in [2.45, 2.75) is 12.7 Å². The Morgan fingerprint density at radius 2 is 1.81 bits per heavy atom. The number of ether oxygens (including phenoxy) is 3. The minimum atomic E-state index is -4.44. The summed E-state index contributed by atoms with van der Waals surface area (Å²) in [6.07, 6.45) is -4.44. The van der Waals surface area contributed by atoms with Crippen LogP contribution in [0.15, 0.2) is 42.5 Å². The summed E-state index contributed by atoms with van der Waals surface area (Å²) >= 11 is 0. The molecule has 0 saturated heterocycles. The van der Waals surface area contributed by atoms with Gasteiger partial charge in [-0.25, -0.2) is 0 Å². The third kappa shape index (κ3) is 2.67. The number of nitrogens with two attached hydrogens (primary N) is 1. The number of rotatable bonds is 2. The Labute approximate surface area is 117 Å². The lowest BCUT2D eigenvalue weighted by Crippen LogP contribution is -2.25. The van der Waals surface area contributed by atoms with Gasteiger partial charge in [0.05, 0.1) is 11.3 Å². The molecule has 0 radical (unpaired) electrons. The fraction of sp³-hybridized carbons (Fsp3) is 0.143. The van der Waals surface area contributed by atoms with Gasteiger partial charge in [0.2, 0.25) is 0 Å². The SMILES string of the molecule is Nc1cccc2c1OC(Oc1cccc(C(F)(F)F)c1)O2. The molecule has 0 saturated carbocycles. The van der Waals surface area contributed by atoms with Crippen LogP contribution in [0, 0.1) is 0 Å². The van der Waals surface area contributed by atoms with Crippen LogP contribution in [-0.4, -0.2) is 6.48 Å². The Balaban J connectivity index is 1.76. The van der Waals surface area contributed by atoms with Gasteiger partial charge in [-0.3, -0.25) is 0 Å². The minimum absolute atomic E-state index is 0.0128. The minimum Gasteiger partial charge on any atom is -0.423 e. The zero-order chi connectivity index (χ0) is 15.0. The number of para-hydroxylation sites is 1. The first-order valence-electron chi connectivity index (χ1n) is 5.99. The lowest BCUT2D eigenvalue weighted by atomic mass is 10.2. The Morgan fingerprint density at radius 1 is 1.05 bits per heavy atom. The van der Waals surface area contributed by atoms with Crippen LogP contribution >= 0.6 is 0 Å². The van der Waals surface area contributed by atoms with Gasteiger partial charge >= 0.3 is 12.7 Å². The maximum absolute atomic E-state index is 12.6. The number of benzene rings is 2. The van der Waals surface area contributed by atoms with E-state index in [4.69, 9.17) is 19.9 Å². The van der Waals surface area contributed by atoms with Crippen molar-refractivity contribution in [3.63, 3.8) is 0 Å². The van der Waals surface area contributed by atoms with Crippen LogP contribution in [0.5, 0.6) is 17.2 Å². The maximum atomic E-state index is 12.6. The number of alkyl halides is 3. The molecule has 0 spiro atoms. The highest BCUT2D eigenvalue weighted by molar-refractivity contribution is 5.61. The van der Waals surface area contributed by atoms with Gasteiger partial charge < -0.3 is 19.9 Å². The number of anilines is 1. The third-order valence-corrected chi connectivity index (χ3v) is 2.84. The number of nitrogen functional groups attached to an aromatic ring is 1. The quantitative estimate of drug-likeness (QED) is 0.863. The van der Waals surface area contributed by atoms with Crippen molar-refractivity contribution >= 4 is 5.69 Å². The van der Waals surface area contributed by atoms with E-state index in [0.29, 0.717) is 17.2 Å². The molecule has 7 heteroatoms. The van der Waals surface area contributed by atoms with Crippen molar-refractivity contribution in [1.82, 2.24) is 0 Å². The predicted molar refractivity (Wildman–Crippen MR) is 68.0 cm³/mol. The monoisotopic (exact) mass is 297 g/mol. The van der Waals surface area contributed by atoms with E-state index in [1.165, 1.54) is 12.1 Å². The maximum Gasteiger partial charge on any atom is 0.416 e. The molecule has 1 atom stereocenters. The molecule has 110 valence electrons. The van der Waals surface area contributed by atoms with E-state index in [1.807, 2.05) is 0 Å². The predicted octanol–water partition coefficient (Wildman–Crippen LogP) is 3.42. The Hall–Kier alpha value is -2.57. The van der Waals surface area contributed by atoms with Gasteiger partial charge in [0, 0.05) is 0 Å². The molecule has 0 amide bonds. The van der Waals surface area contributed by atoms with Crippen LogP contribution in [0.25, 0.3) is 0 Å². The number of hydrogen-bond acceptors (Lipinski definition) is 4. The molecule has 1 aliphatic rings. The van der Waals surface area contributed by atoms with Crippen molar-refractivity contribution < 1.29 is 27.4 Å². The molecule has 2 aromatic carbocycles. The summed E-state index contributed by atoms with van der Waals surface area (Å²) in [7, 11) is 0. The first-order valence-corrected chi connectivity index (χ1v) is 5.99. The van der Waals surface area contributed by atoms with Crippen LogP contribution < -0.4 is 19.9 Å². The fourth-order valence-electron chi connectivity index (χ4n) is 1.88. The van der Waals surface area contributed by atoms with Crippen LogP contribution in [0.3, 0.4) is 0 Å². The molecule has 21 heavy (non-hydrogen) atoms. The Morgan fingerprint density at radius 3 is 2.52 bits per heavy atom. The lowest BCUT2D eigenvalue weighted by Gasteiger charge is -2.14. The van der Waals surface area contributed by atoms with Crippen molar-refractivity contribution in [3.05, 3.63) is 48.0 Å². The summed E-state index contributed by atoms with van der Waals surface area (Å²) in [5.74, 6) is 0.683. The first-order chi connectivity index (χ1) is 9.93. The van der Waals surface area contributed by atoms with Gasteiger partial charge in [0.15, 0.2) is 11.5 Å². The van der Waals surface area contributed by atoms with Crippen molar-refractivity contribution in [2.75, 3.05) is 5.73 Å². The smallest absolute Gasteiger partial charge is 0.416 e. The van der Waals surface area contributed by atoms with E-state index < -0.39 is 18.2 Å². The highest BCUT2D eigenvalue weighted by Crippen LogP contribution is 2.40. The molecule has 0 aromatic heterocycles. The zero-order valence-electron chi connectivity index (χ0n) is 10.6. The molecule has 0 fully saturated rings. The van der Waals surface area contributed by atoms with E-state index >= 15 is 0 Å². The molecule has 3 rings (SSSR count). The average Bonchev–Trinajstić information content (AvgIpc) is 2.82. The van der Waals surface area contributed by atoms with Crippen molar-refractivity contribution in [3.8, 4) is 17.2 Å². The summed E-state index contributed by atoms with van der Waals surface area (Å²) in [5, 5.41) is 0. The second kappa shape index (κ2) is 4.76. The van der Waals surface area contributed by atoms with E-state index in [1.54, 1.807) is 18.2 Å². The van der Waals surface area contributed by atoms with Gasteiger partial charge in [0.25, 0.3) is 0 Å². The third-order valence-electron chi connectivity index (χ3n) is 2.84. The largest absolute Gasteiger partial charge is 0.423 e. The van der Waals surface area contributed by atoms with E-state index in [9.17, 15) is 13.2 Å². The lowest BCUT2D eigenvalue weighted by molar-refractivity contribution is -0.138. The van der Waals surface area contributed by atoms with E-state index in [2.05, 4.69) is 0 Å². The molecule has 1 aliphatic heterocycles. The summed E-state index contributed by atoms with van der Waals surface area (Å²) in [6, 6.07) is 9.37. The van der Waals surface area contributed by atoms with Gasteiger partial charge in [-0.2, -0.15) is 13.2 Å². The molecule has 0 aliphatic carbocycles. The van der Waals surface area contributed by atoms with Crippen molar-refractivity contribution in [1.29, 1.82) is 0 Å². The average molecular weight is 297 g/mol. The van der Waals surface area contributed by atoms with E-state index in [0.717, 1.165) is 12.1 Å².